The molecule has 8 heteroatoms. The van der Waals surface area contributed by atoms with Crippen molar-refractivity contribution in [3.05, 3.63) is 29.8 Å². The number of hydrogen-bond acceptors (Lipinski definition) is 6. The van der Waals surface area contributed by atoms with E-state index in [-0.39, 0.29) is 18.6 Å². The van der Waals surface area contributed by atoms with E-state index in [0.29, 0.717) is 44.1 Å². The molecule has 1 saturated heterocycles. The molecule has 25 heavy (non-hydrogen) atoms. The Balaban J connectivity index is 1.89. The normalized spacial score (nSPS) is 14.0. The molecule has 8 nitrogen and oxygen atoms in total. The van der Waals surface area contributed by atoms with Gasteiger partial charge in [0.05, 0.1) is 13.2 Å². The van der Waals surface area contributed by atoms with Crippen LogP contribution in [0, 0.1) is 0 Å². The number of rotatable bonds is 4. The molecule has 0 spiro atoms. The summed E-state index contributed by atoms with van der Waals surface area (Å²) in [5.41, 5.74) is 0.487. The fourth-order valence-electron chi connectivity index (χ4n) is 2.40. The number of carbonyl (C=O) groups is 3. The van der Waals surface area contributed by atoms with Crippen molar-refractivity contribution >= 4 is 18.2 Å². The van der Waals surface area contributed by atoms with E-state index in [0.717, 1.165) is 0 Å². The molecule has 0 aromatic heterocycles. The van der Waals surface area contributed by atoms with Gasteiger partial charge in [0.2, 0.25) is 0 Å². The van der Waals surface area contributed by atoms with Crippen molar-refractivity contribution in [3.8, 4) is 5.75 Å². The van der Waals surface area contributed by atoms with Crippen LogP contribution in [0.4, 0.5) is 9.59 Å². The van der Waals surface area contributed by atoms with Crippen LogP contribution in [0.25, 0.3) is 0 Å². The molecule has 0 aliphatic carbocycles. The maximum Gasteiger partial charge on any atom is 0.513 e. The van der Waals surface area contributed by atoms with Crippen molar-refractivity contribution in [1.82, 2.24) is 9.80 Å². The predicted molar refractivity (Wildman–Crippen MR) is 88.6 cm³/mol. The minimum absolute atomic E-state index is 0.133. The summed E-state index contributed by atoms with van der Waals surface area (Å²) in [6.07, 6.45) is -1.13. The summed E-state index contributed by atoms with van der Waals surface area (Å²) in [5.74, 6) is 0.174. The molecule has 1 fully saturated rings. The van der Waals surface area contributed by atoms with Crippen LogP contribution >= 0.6 is 0 Å². The Morgan fingerprint density at radius 3 is 2.00 bits per heavy atom. The van der Waals surface area contributed by atoms with Gasteiger partial charge in [0.25, 0.3) is 5.91 Å². The highest BCUT2D eigenvalue weighted by Crippen LogP contribution is 2.15. The van der Waals surface area contributed by atoms with Crippen LogP contribution in [0.5, 0.6) is 5.75 Å². The number of ether oxygens (including phenoxy) is 3. The fraction of sp³-hybridized carbons (Fsp3) is 0.471. The third-order valence-electron chi connectivity index (χ3n) is 3.66. The van der Waals surface area contributed by atoms with Crippen LogP contribution in [0.2, 0.25) is 0 Å². The second kappa shape index (κ2) is 8.91. The molecule has 1 aliphatic rings. The lowest BCUT2D eigenvalue weighted by molar-refractivity contribution is 0.0570. The Kier molecular flexibility index (Phi) is 6.62. The smallest absolute Gasteiger partial charge is 0.450 e. The van der Waals surface area contributed by atoms with E-state index in [1.54, 1.807) is 47.9 Å². The maximum absolute atomic E-state index is 12.5. The molecule has 2 rings (SSSR count). The second-order valence-electron chi connectivity index (χ2n) is 5.29. The molecule has 1 aromatic carbocycles. The topological polar surface area (TPSA) is 85.4 Å². The lowest BCUT2D eigenvalue weighted by Crippen LogP contribution is -2.50. The number of carbonyl (C=O) groups excluding carboxylic acids is 3. The van der Waals surface area contributed by atoms with Crippen LogP contribution in [-0.4, -0.2) is 67.3 Å². The Bertz CT molecular complexity index is 608. The van der Waals surface area contributed by atoms with Gasteiger partial charge in [-0.05, 0) is 38.1 Å². The van der Waals surface area contributed by atoms with E-state index in [1.807, 2.05) is 0 Å². The van der Waals surface area contributed by atoms with Gasteiger partial charge in [-0.1, -0.05) is 0 Å². The van der Waals surface area contributed by atoms with Gasteiger partial charge >= 0.3 is 12.2 Å². The highest BCUT2D eigenvalue weighted by molar-refractivity contribution is 5.94. The number of amides is 2. The van der Waals surface area contributed by atoms with Crippen molar-refractivity contribution in [3.63, 3.8) is 0 Å². The zero-order valence-corrected chi connectivity index (χ0v) is 14.4. The van der Waals surface area contributed by atoms with Gasteiger partial charge in [-0.3, -0.25) is 4.79 Å². The molecule has 2 amide bonds. The molecule has 1 aliphatic heterocycles. The minimum Gasteiger partial charge on any atom is -0.450 e. The van der Waals surface area contributed by atoms with E-state index in [9.17, 15) is 14.4 Å². The highest BCUT2D eigenvalue weighted by Gasteiger charge is 2.25. The highest BCUT2D eigenvalue weighted by atomic mass is 16.7. The quantitative estimate of drug-likeness (QED) is 0.611. The van der Waals surface area contributed by atoms with E-state index >= 15 is 0 Å². The lowest BCUT2D eigenvalue weighted by atomic mass is 10.1. The summed E-state index contributed by atoms with van der Waals surface area (Å²) in [6, 6.07) is 6.27. The maximum atomic E-state index is 12.5. The molecular weight excluding hydrogens is 328 g/mol. The molecule has 0 bridgehead atoms. The second-order valence-corrected chi connectivity index (χ2v) is 5.29. The molecule has 1 aromatic rings. The van der Waals surface area contributed by atoms with Crippen molar-refractivity contribution in [2.75, 3.05) is 39.4 Å². The van der Waals surface area contributed by atoms with E-state index in [4.69, 9.17) is 9.47 Å². The third kappa shape index (κ3) is 5.10. The first-order valence-electron chi connectivity index (χ1n) is 8.20. The van der Waals surface area contributed by atoms with Crippen LogP contribution in [-0.2, 0) is 9.47 Å². The zero-order chi connectivity index (χ0) is 18.2. The van der Waals surface area contributed by atoms with Gasteiger partial charge in [0, 0.05) is 31.7 Å². The largest absolute Gasteiger partial charge is 0.513 e. The van der Waals surface area contributed by atoms with Gasteiger partial charge < -0.3 is 24.0 Å². The van der Waals surface area contributed by atoms with Crippen LogP contribution in [0.3, 0.4) is 0 Å². The van der Waals surface area contributed by atoms with Gasteiger partial charge in [-0.25, -0.2) is 9.59 Å². The average Bonchev–Trinajstić information content (AvgIpc) is 2.62. The first kappa shape index (κ1) is 18.6. The van der Waals surface area contributed by atoms with Crippen molar-refractivity contribution in [2.45, 2.75) is 13.8 Å². The van der Waals surface area contributed by atoms with Crippen LogP contribution in [0.1, 0.15) is 24.2 Å². The van der Waals surface area contributed by atoms with Gasteiger partial charge in [-0.15, -0.1) is 0 Å². The molecule has 1 heterocycles. The van der Waals surface area contributed by atoms with E-state index < -0.39 is 6.16 Å². The summed E-state index contributed by atoms with van der Waals surface area (Å²) in [4.78, 5) is 38.7. The SMILES string of the molecule is CCOC(=O)Oc1ccc(C(=O)N2CCN(C(=O)OCC)CC2)cc1. The molecule has 0 N–H and O–H groups in total. The monoisotopic (exact) mass is 350 g/mol. The van der Waals surface area contributed by atoms with Gasteiger partial charge in [0.1, 0.15) is 5.75 Å². The fourth-order valence-corrected chi connectivity index (χ4v) is 2.40. The third-order valence-corrected chi connectivity index (χ3v) is 3.66. The standard InChI is InChI=1S/C17H22N2O6/c1-3-23-16(21)19-11-9-18(10-12-19)15(20)13-5-7-14(8-6-13)25-17(22)24-4-2/h5-8H,3-4,9-12H2,1-2H3. The van der Waals surface area contributed by atoms with Crippen molar-refractivity contribution in [2.24, 2.45) is 0 Å². The van der Waals surface area contributed by atoms with Gasteiger partial charge in [0.15, 0.2) is 0 Å². The Labute approximate surface area is 146 Å². The molecule has 136 valence electrons. The molecular formula is C17H22N2O6. The molecule has 0 radical (unpaired) electrons. The number of hydrogen-bond donors (Lipinski definition) is 0. The summed E-state index contributed by atoms with van der Waals surface area (Å²) >= 11 is 0. The predicted octanol–water partition coefficient (Wildman–Crippen LogP) is 2.14. The molecule has 0 atom stereocenters. The first-order chi connectivity index (χ1) is 12.0. The summed E-state index contributed by atoms with van der Waals surface area (Å²) in [5, 5.41) is 0. The first-order valence-corrected chi connectivity index (χ1v) is 8.20. The number of nitrogens with zero attached hydrogens (tertiary/aromatic N) is 2. The summed E-state index contributed by atoms with van der Waals surface area (Å²) < 4.78 is 14.6. The van der Waals surface area contributed by atoms with Crippen LogP contribution in [0.15, 0.2) is 24.3 Å². The minimum atomic E-state index is -0.781. The van der Waals surface area contributed by atoms with Crippen molar-refractivity contribution < 1.29 is 28.6 Å². The molecule has 0 saturated carbocycles. The average molecular weight is 350 g/mol. The molecule has 0 unspecified atom stereocenters. The van der Waals surface area contributed by atoms with Gasteiger partial charge in [-0.2, -0.15) is 0 Å². The Morgan fingerprint density at radius 2 is 1.44 bits per heavy atom. The lowest BCUT2D eigenvalue weighted by Gasteiger charge is -2.34. The zero-order valence-electron chi connectivity index (χ0n) is 14.4. The summed E-state index contributed by atoms with van der Waals surface area (Å²) in [6.45, 7) is 5.77. The van der Waals surface area contributed by atoms with Crippen LogP contribution < -0.4 is 4.74 Å². The summed E-state index contributed by atoms with van der Waals surface area (Å²) in [7, 11) is 0. The van der Waals surface area contributed by atoms with E-state index in [2.05, 4.69) is 4.74 Å². The Morgan fingerprint density at radius 1 is 0.880 bits per heavy atom. The number of piperazine rings is 1. The van der Waals surface area contributed by atoms with Crippen molar-refractivity contribution in [1.29, 1.82) is 0 Å². The Hall–Kier alpha value is -2.77. The number of benzene rings is 1. The van der Waals surface area contributed by atoms with E-state index in [1.165, 1.54) is 0 Å².